The number of rotatable bonds is 4. The highest BCUT2D eigenvalue weighted by atomic mass is 16.5. The molecule has 1 heterocycles. The Labute approximate surface area is 83.9 Å². The zero-order chi connectivity index (χ0) is 10.6. The number of nitrogens with zero attached hydrogens (tertiary/aromatic N) is 2. The summed E-state index contributed by atoms with van der Waals surface area (Å²) in [6.45, 7) is 6.16. The minimum absolute atomic E-state index is 0.175. The first-order valence-electron chi connectivity index (χ1n) is 4.82. The second-order valence-electron chi connectivity index (χ2n) is 3.43. The molecule has 0 saturated carbocycles. The standard InChI is InChI=1S/C10H16N2O2/c1-4-14-10(13)9(8(2)3)12-7-5-6-11-12/h5-9H,4H2,1-3H3/t9-/m0/s1. The zero-order valence-corrected chi connectivity index (χ0v) is 8.80. The fourth-order valence-electron chi connectivity index (χ4n) is 1.36. The van der Waals surface area contributed by atoms with E-state index < -0.39 is 0 Å². The Morgan fingerprint density at radius 3 is 2.71 bits per heavy atom. The van der Waals surface area contributed by atoms with Crippen molar-refractivity contribution in [2.45, 2.75) is 26.8 Å². The van der Waals surface area contributed by atoms with E-state index in [0.717, 1.165) is 0 Å². The summed E-state index contributed by atoms with van der Waals surface area (Å²) in [5, 5.41) is 4.06. The van der Waals surface area contributed by atoms with Crippen LogP contribution in [-0.2, 0) is 9.53 Å². The van der Waals surface area contributed by atoms with Gasteiger partial charge in [0.15, 0.2) is 6.04 Å². The van der Waals surface area contributed by atoms with Gasteiger partial charge in [0.05, 0.1) is 6.61 Å². The lowest BCUT2D eigenvalue weighted by atomic mass is 10.1. The van der Waals surface area contributed by atoms with E-state index >= 15 is 0 Å². The summed E-state index contributed by atoms with van der Waals surface area (Å²) in [6, 6.07) is 1.49. The van der Waals surface area contributed by atoms with Gasteiger partial charge >= 0.3 is 5.97 Å². The highest BCUT2D eigenvalue weighted by Gasteiger charge is 2.25. The Morgan fingerprint density at radius 2 is 2.29 bits per heavy atom. The maximum Gasteiger partial charge on any atom is 0.331 e. The molecule has 0 unspecified atom stereocenters. The van der Waals surface area contributed by atoms with Gasteiger partial charge in [-0.25, -0.2) is 4.79 Å². The van der Waals surface area contributed by atoms with Crippen molar-refractivity contribution in [2.24, 2.45) is 5.92 Å². The molecule has 4 nitrogen and oxygen atoms in total. The molecule has 0 spiro atoms. The van der Waals surface area contributed by atoms with E-state index in [0.29, 0.717) is 6.61 Å². The number of carbonyl (C=O) groups excluding carboxylic acids is 1. The monoisotopic (exact) mass is 196 g/mol. The molecule has 14 heavy (non-hydrogen) atoms. The molecule has 0 aromatic carbocycles. The Hall–Kier alpha value is -1.32. The first kappa shape index (κ1) is 10.8. The predicted octanol–water partition coefficient (Wildman–Crippen LogP) is 1.64. The molecule has 0 saturated heterocycles. The number of hydrogen-bond donors (Lipinski definition) is 0. The van der Waals surface area contributed by atoms with Gasteiger partial charge in [-0.2, -0.15) is 5.10 Å². The lowest BCUT2D eigenvalue weighted by molar-refractivity contribution is -0.149. The van der Waals surface area contributed by atoms with Crippen molar-refractivity contribution in [3.05, 3.63) is 18.5 Å². The lowest BCUT2D eigenvalue weighted by Crippen LogP contribution is -2.26. The van der Waals surface area contributed by atoms with Crippen molar-refractivity contribution in [2.75, 3.05) is 6.61 Å². The molecule has 0 N–H and O–H groups in total. The predicted molar refractivity (Wildman–Crippen MR) is 52.7 cm³/mol. The van der Waals surface area contributed by atoms with Gasteiger partial charge in [-0.1, -0.05) is 13.8 Å². The van der Waals surface area contributed by atoms with Crippen molar-refractivity contribution in [1.29, 1.82) is 0 Å². The van der Waals surface area contributed by atoms with Gasteiger partial charge in [-0.3, -0.25) is 4.68 Å². The summed E-state index contributed by atoms with van der Waals surface area (Å²) in [4.78, 5) is 11.6. The van der Waals surface area contributed by atoms with Gasteiger partial charge in [-0.05, 0) is 18.9 Å². The van der Waals surface area contributed by atoms with Crippen molar-refractivity contribution in [3.8, 4) is 0 Å². The highest BCUT2D eigenvalue weighted by Crippen LogP contribution is 2.17. The Kier molecular flexibility index (Phi) is 3.68. The summed E-state index contributed by atoms with van der Waals surface area (Å²) in [6.07, 6.45) is 3.44. The largest absolute Gasteiger partial charge is 0.464 e. The van der Waals surface area contributed by atoms with Crippen molar-refractivity contribution in [3.63, 3.8) is 0 Å². The summed E-state index contributed by atoms with van der Waals surface area (Å²) in [5.74, 6) is -0.0415. The minimum Gasteiger partial charge on any atom is -0.464 e. The van der Waals surface area contributed by atoms with E-state index in [1.165, 1.54) is 0 Å². The quantitative estimate of drug-likeness (QED) is 0.688. The van der Waals surface area contributed by atoms with E-state index in [1.807, 2.05) is 13.8 Å². The van der Waals surface area contributed by atoms with Crippen molar-refractivity contribution >= 4 is 5.97 Å². The van der Waals surface area contributed by atoms with Crippen LogP contribution in [-0.4, -0.2) is 22.4 Å². The minimum atomic E-state index is -0.315. The summed E-state index contributed by atoms with van der Waals surface area (Å²) >= 11 is 0. The number of carbonyl (C=O) groups is 1. The van der Waals surface area contributed by atoms with E-state index in [-0.39, 0.29) is 17.9 Å². The smallest absolute Gasteiger partial charge is 0.331 e. The van der Waals surface area contributed by atoms with Gasteiger partial charge in [-0.15, -0.1) is 0 Å². The second-order valence-corrected chi connectivity index (χ2v) is 3.43. The number of aromatic nitrogens is 2. The van der Waals surface area contributed by atoms with Crippen LogP contribution in [0.2, 0.25) is 0 Å². The van der Waals surface area contributed by atoms with Crippen molar-refractivity contribution < 1.29 is 9.53 Å². The summed E-state index contributed by atoms with van der Waals surface area (Å²) in [5.41, 5.74) is 0. The Bertz CT molecular complexity index is 280. The third-order valence-corrected chi connectivity index (χ3v) is 1.97. The third-order valence-electron chi connectivity index (χ3n) is 1.97. The first-order chi connectivity index (χ1) is 6.66. The molecule has 0 fully saturated rings. The molecule has 0 radical (unpaired) electrons. The van der Waals surface area contributed by atoms with Crippen LogP contribution in [0.3, 0.4) is 0 Å². The zero-order valence-electron chi connectivity index (χ0n) is 8.80. The summed E-state index contributed by atoms with van der Waals surface area (Å²) in [7, 11) is 0. The number of esters is 1. The van der Waals surface area contributed by atoms with Crippen LogP contribution in [0.4, 0.5) is 0 Å². The second kappa shape index (κ2) is 4.79. The molecule has 1 aromatic heterocycles. The summed E-state index contributed by atoms with van der Waals surface area (Å²) < 4.78 is 6.63. The van der Waals surface area contributed by atoms with Gasteiger partial charge in [0.2, 0.25) is 0 Å². The van der Waals surface area contributed by atoms with Crippen LogP contribution in [0.15, 0.2) is 18.5 Å². The van der Waals surface area contributed by atoms with Crippen LogP contribution < -0.4 is 0 Å². The van der Waals surface area contributed by atoms with E-state index in [2.05, 4.69) is 5.10 Å². The average molecular weight is 196 g/mol. The molecule has 0 bridgehead atoms. The van der Waals surface area contributed by atoms with Crippen LogP contribution >= 0.6 is 0 Å². The maximum absolute atomic E-state index is 11.6. The fraction of sp³-hybridized carbons (Fsp3) is 0.600. The fourth-order valence-corrected chi connectivity index (χ4v) is 1.36. The molecule has 0 aliphatic rings. The SMILES string of the molecule is CCOC(=O)[C@H](C(C)C)n1cccn1. The molecular formula is C10H16N2O2. The molecule has 78 valence electrons. The van der Waals surface area contributed by atoms with Gasteiger partial charge in [0.1, 0.15) is 0 Å². The lowest BCUT2D eigenvalue weighted by Gasteiger charge is -2.19. The number of hydrogen-bond acceptors (Lipinski definition) is 3. The first-order valence-corrected chi connectivity index (χ1v) is 4.82. The molecule has 0 aliphatic heterocycles. The molecule has 1 aromatic rings. The van der Waals surface area contributed by atoms with Crippen LogP contribution in [0.1, 0.15) is 26.8 Å². The van der Waals surface area contributed by atoms with E-state index in [9.17, 15) is 4.79 Å². The third kappa shape index (κ3) is 2.34. The Morgan fingerprint density at radius 1 is 1.57 bits per heavy atom. The highest BCUT2D eigenvalue weighted by molar-refractivity contribution is 5.74. The normalized spacial score (nSPS) is 12.9. The molecule has 4 heteroatoms. The van der Waals surface area contributed by atoms with E-state index in [4.69, 9.17) is 4.74 Å². The maximum atomic E-state index is 11.6. The van der Waals surface area contributed by atoms with Crippen LogP contribution in [0, 0.1) is 5.92 Å². The van der Waals surface area contributed by atoms with Gasteiger partial charge in [0, 0.05) is 12.4 Å². The van der Waals surface area contributed by atoms with E-state index in [1.54, 1.807) is 30.1 Å². The van der Waals surface area contributed by atoms with Gasteiger partial charge < -0.3 is 4.74 Å². The molecule has 0 aliphatic carbocycles. The Balaban J connectivity index is 2.80. The molecular weight excluding hydrogens is 180 g/mol. The number of ether oxygens (including phenoxy) is 1. The van der Waals surface area contributed by atoms with Crippen LogP contribution in [0.5, 0.6) is 0 Å². The molecule has 1 rings (SSSR count). The molecule has 0 amide bonds. The topological polar surface area (TPSA) is 44.1 Å². The molecule has 1 atom stereocenters. The van der Waals surface area contributed by atoms with Crippen molar-refractivity contribution in [1.82, 2.24) is 9.78 Å². The van der Waals surface area contributed by atoms with Gasteiger partial charge in [0.25, 0.3) is 0 Å². The van der Waals surface area contributed by atoms with Crippen LogP contribution in [0.25, 0.3) is 0 Å². The average Bonchev–Trinajstić information content (AvgIpc) is 2.57.